The van der Waals surface area contributed by atoms with Crippen LogP contribution in [0.2, 0.25) is 0 Å². The van der Waals surface area contributed by atoms with Crippen molar-refractivity contribution in [2.75, 3.05) is 0 Å². The molecule has 0 fully saturated rings. The average molecular weight is 431 g/mol. The molecule has 0 N–H and O–H groups in total. The summed E-state index contributed by atoms with van der Waals surface area (Å²) in [6.07, 6.45) is 0. The van der Waals surface area contributed by atoms with Gasteiger partial charge in [-0.2, -0.15) is 0 Å². The van der Waals surface area contributed by atoms with Crippen molar-refractivity contribution in [3.8, 4) is 34.1 Å². The highest BCUT2D eigenvalue weighted by atomic mass is 14.2. The Morgan fingerprint density at radius 3 is 1.12 bits per heavy atom. The molecule has 0 radical (unpaired) electrons. The van der Waals surface area contributed by atoms with E-state index in [4.69, 9.17) is 0 Å². The molecule has 6 rings (SSSR count). The molecule has 0 unspecified atom stereocenters. The second-order valence-corrected chi connectivity index (χ2v) is 8.40. The van der Waals surface area contributed by atoms with Gasteiger partial charge in [0, 0.05) is 11.1 Å². The molecular weight excluding hydrogens is 408 g/mol. The van der Waals surface area contributed by atoms with Crippen LogP contribution < -0.4 is 0 Å². The second kappa shape index (κ2) is 8.74. The lowest BCUT2D eigenvalue weighted by atomic mass is 9.86. The predicted molar refractivity (Wildman–Crippen MR) is 145 cm³/mol. The third kappa shape index (κ3) is 3.64. The van der Waals surface area contributed by atoms with E-state index in [0.29, 0.717) is 0 Å². The van der Waals surface area contributed by atoms with Crippen LogP contribution in [0.25, 0.3) is 43.8 Å². The van der Waals surface area contributed by atoms with Crippen molar-refractivity contribution in [3.63, 3.8) is 0 Å². The highest BCUT2D eigenvalue weighted by Crippen LogP contribution is 2.43. The minimum atomic E-state index is 1.02. The van der Waals surface area contributed by atoms with Crippen molar-refractivity contribution >= 4 is 21.5 Å². The molecule has 0 atom stereocenters. The summed E-state index contributed by atoms with van der Waals surface area (Å²) in [6, 6.07) is 47.0. The third-order valence-electron chi connectivity index (χ3n) is 6.29. The Morgan fingerprint density at radius 2 is 0.647 bits per heavy atom. The number of rotatable bonds is 2. The molecular formula is C34H22. The first kappa shape index (κ1) is 20.0. The normalized spacial score (nSPS) is 10.7. The summed E-state index contributed by atoms with van der Waals surface area (Å²) in [7, 11) is 0. The minimum Gasteiger partial charge on any atom is -0.0622 e. The van der Waals surface area contributed by atoms with Crippen molar-refractivity contribution in [1.82, 2.24) is 0 Å². The Hall–Kier alpha value is -4.60. The fourth-order valence-electron chi connectivity index (χ4n) is 4.74. The van der Waals surface area contributed by atoms with Crippen molar-refractivity contribution in [2.45, 2.75) is 0 Å². The zero-order chi connectivity index (χ0) is 22.7. The smallest absolute Gasteiger partial charge is 0.0249 e. The number of fused-ring (bicyclic) bond motifs is 2. The fourth-order valence-corrected chi connectivity index (χ4v) is 4.74. The van der Waals surface area contributed by atoms with E-state index in [9.17, 15) is 0 Å². The molecule has 0 spiro atoms. The van der Waals surface area contributed by atoms with Crippen LogP contribution in [0.15, 0.2) is 133 Å². The van der Waals surface area contributed by atoms with Crippen LogP contribution in [-0.2, 0) is 0 Å². The third-order valence-corrected chi connectivity index (χ3v) is 6.29. The molecule has 0 saturated carbocycles. The van der Waals surface area contributed by atoms with Crippen LogP contribution in [-0.4, -0.2) is 0 Å². The van der Waals surface area contributed by atoms with Gasteiger partial charge in [0.25, 0.3) is 0 Å². The Morgan fingerprint density at radius 1 is 0.294 bits per heavy atom. The maximum Gasteiger partial charge on any atom is 0.0249 e. The molecule has 0 heteroatoms. The molecule has 0 nitrogen and oxygen atoms in total. The molecule has 158 valence electrons. The maximum absolute atomic E-state index is 3.29. The Labute approximate surface area is 200 Å². The van der Waals surface area contributed by atoms with Crippen LogP contribution in [0, 0.1) is 11.8 Å². The van der Waals surface area contributed by atoms with Crippen molar-refractivity contribution in [3.05, 3.63) is 145 Å². The van der Waals surface area contributed by atoms with Crippen LogP contribution in [0.1, 0.15) is 11.1 Å². The largest absolute Gasteiger partial charge is 0.0622 e. The number of hydrogen-bond donors (Lipinski definition) is 0. The lowest BCUT2D eigenvalue weighted by molar-refractivity contribution is 1.61. The van der Waals surface area contributed by atoms with E-state index in [1.807, 2.05) is 30.3 Å². The monoisotopic (exact) mass is 430 g/mol. The van der Waals surface area contributed by atoms with Crippen LogP contribution in [0.3, 0.4) is 0 Å². The minimum absolute atomic E-state index is 1.02. The highest BCUT2D eigenvalue weighted by Gasteiger charge is 2.15. The van der Waals surface area contributed by atoms with E-state index in [2.05, 4.69) is 115 Å². The maximum atomic E-state index is 3.29. The van der Waals surface area contributed by atoms with Crippen LogP contribution >= 0.6 is 0 Å². The molecule has 34 heavy (non-hydrogen) atoms. The predicted octanol–water partition coefficient (Wildman–Crippen LogP) is 8.73. The van der Waals surface area contributed by atoms with Gasteiger partial charge in [0.1, 0.15) is 0 Å². The molecule has 0 aromatic heterocycles. The van der Waals surface area contributed by atoms with Gasteiger partial charge < -0.3 is 0 Å². The summed E-state index contributed by atoms with van der Waals surface area (Å²) in [4.78, 5) is 0. The molecule has 6 aromatic carbocycles. The summed E-state index contributed by atoms with van der Waals surface area (Å²) < 4.78 is 0. The first-order valence-corrected chi connectivity index (χ1v) is 11.5. The Balaban J connectivity index is 1.55. The van der Waals surface area contributed by atoms with Crippen LogP contribution in [0.4, 0.5) is 0 Å². The van der Waals surface area contributed by atoms with Crippen molar-refractivity contribution in [1.29, 1.82) is 0 Å². The second-order valence-electron chi connectivity index (χ2n) is 8.40. The van der Waals surface area contributed by atoms with Gasteiger partial charge in [0.15, 0.2) is 0 Å². The fraction of sp³-hybridized carbons (Fsp3) is 0. The Kier molecular flexibility index (Phi) is 5.15. The van der Waals surface area contributed by atoms with E-state index < -0.39 is 0 Å². The molecule has 0 amide bonds. The molecule has 0 bridgehead atoms. The van der Waals surface area contributed by atoms with E-state index in [1.165, 1.54) is 43.8 Å². The van der Waals surface area contributed by atoms with Gasteiger partial charge in [-0.15, -0.1) is 0 Å². The lowest BCUT2D eigenvalue weighted by Gasteiger charge is -2.17. The summed E-state index contributed by atoms with van der Waals surface area (Å²) in [5.41, 5.74) is 7.06. The summed E-state index contributed by atoms with van der Waals surface area (Å²) in [5.74, 6) is 6.55. The van der Waals surface area contributed by atoms with Gasteiger partial charge in [0.05, 0.1) is 0 Å². The van der Waals surface area contributed by atoms with E-state index in [1.54, 1.807) is 0 Å². The summed E-state index contributed by atoms with van der Waals surface area (Å²) in [5, 5.41) is 5.08. The van der Waals surface area contributed by atoms with Gasteiger partial charge in [-0.25, -0.2) is 0 Å². The average Bonchev–Trinajstić information content (AvgIpc) is 2.92. The lowest BCUT2D eigenvalue weighted by Crippen LogP contribution is -1.90. The highest BCUT2D eigenvalue weighted by molar-refractivity contribution is 6.21. The molecule has 0 heterocycles. The molecule has 0 aliphatic rings. The van der Waals surface area contributed by atoms with Gasteiger partial charge in [0.2, 0.25) is 0 Å². The van der Waals surface area contributed by atoms with Crippen LogP contribution in [0.5, 0.6) is 0 Å². The molecule has 0 aliphatic heterocycles. The summed E-state index contributed by atoms with van der Waals surface area (Å²) >= 11 is 0. The quantitative estimate of drug-likeness (QED) is 0.190. The van der Waals surface area contributed by atoms with Gasteiger partial charge >= 0.3 is 0 Å². The zero-order valence-corrected chi connectivity index (χ0v) is 18.7. The van der Waals surface area contributed by atoms with Gasteiger partial charge in [-0.3, -0.25) is 0 Å². The summed E-state index contributed by atoms with van der Waals surface area (Å²) in [6.45, 7) is 0. The Bertz CT molecular complexity index is 1610. The zero-order valence-electron chi connectivity index (χ0n) is 18.7. The topological polar surface area (TPSA) is 0 Å². The van der Waals surface area contributed by atoms with E-state index in [0.717, 1.165) is 11.1 Å². The SMILES string of the molecule is C(#Cc1ccc(-c2c3ccccc3c(-c3ccccc3)c3ccccc23)cc1)c1ccccc1. The van der Waals surface area contributed by atoms with E-state index >= 15 is 0 Å². The van der Waals surface area contributed by atoms with Gasteiger partial charge in [-0.05, 0) is 68.1 Å². The first-order chi connectivity index (χ1) is 16.9. The first-order valence-electron chi connectivity index (χ1n) is 11.5. The molecule has 0 saturated heterocycles. The molecule has 0 aliphatic carbocycles. The van der Waals surface area contributed by atoms with Crippen molar-refractivity contribution in [2.24, 2.45) is 0 Å². The van der Waals surface area contributed by atoms with Gasteiger partial charge in [-0.1, -0.05) is 121 Å². The van der Waals surface area contributed by atoms with Crippen molar-refractivity contribution < 1.29 is 0 Å². The number of benzene rings is 6. The van der Waals surface area contributed by atoms with E-state index in [-0.39, 0.29) is 0 Å². The molecule has 6 aromatic rings. The number of hydrogen-bond acceptors (Lipinski definition) is 0. The standard InChI is InChI=1S/C34H22/c1-3-11-25(12-4-1)19-20-26-21-23-28(24-22-26)34-31-17-9-7-15-29(31)33(27-13-5-2-6-14-27)30-16-8-10-18-32(30)34/h1-18,21-24H.